The van der Waals surface area contributed by atoms with Gasteiger partial charge in [-0.1, -0.05) is 66.7 Å². The monoisotopic (exact) mass is 482 g/mol. The standard InChI is InChI=1S/C30H26O6/c31-29(35-21-20-33-25-13-5-2-6-14-25)24-12-9-15-26(22-24)36-30(32)27-16-7-8-17-28(27)34-19-18-23-10-3-1-4-11-23/h1-17,22H,18-21H2. The van der Waals surface area contributed by atoms with Crippen LogP contribution in [0.4, 0.5) is 0 Å². The molecule has 0 unspecified atom stereocenters. The zero-order valence-electron chi connectivity index (χ0n) is 19.7. The van der Waals surface area contributed by atoms with Gasteiger partial charge in [0.25, 0.3) is 0 Å². The van der Waals surface area contributed by atoms with Gasteiger partial charge in [-0.2, -0.15) is 0 Å². The Hall–Kier alpha value is -4.58. The van der Waals surface area contributed by atoms with Crippen molar-refractivity contribution in [2.45, 2.75) is 6.42 Å². The summed E-state index contributed by atoms with van der Waals surface area (Å²) in [5.74, 6) is 0.259. The molecule has 0 amide bonds. The topological polar surface area (TPSA) is 71.1 Å². The van der Waals surface area contributed by atoms with E-state index in [2.05, 4.69) is 0 Å². The number of rotatable bonds is 11. The van der Waals surface area contributed by atoms with E-state index in [1.165, 1.54) is 6.07 Å². The van der Waals surface area contributed by atoms with E-state index in [1.54, 1.807) is 42.5 Å². The molecule has 0 heterocycles. The molecule has 0 saturated carbocycles. The molecule has 0 fully saturated rings. The average Bonchev–Trinajstić information content (AvgIpc) is 2.92. The van der Waals surface area contributed by atoms with Gasteiger partial charge in [0.2, 0.25) is 0 Å². The Labute approximate surface area is 210 Å². The van der Waals surface area contributed by atoms with Gasteiger partial charge < -0.3 is 18.9 Å². The molecule has 0 atom stereocenters. The summed E-state index contributed by atoms with van der Waals surface area (Å²) in [7, 11) is 0. The molecule has 0 radical (unpaired) electrons. The molecule has 6 heteroatoms. The lowest BCUT2D eigenvalue weighted by atomic mass is 10.1. The van der Waals surface area contributed by atoms with Crippen LogP contribution in [-0.2, 0) is 11.2 Å². The third-order valence-electron chi connectivity index (χ3n) is 5.21. The predicted molar refractivity (Wildman–Crippen MR) is 136 cm³/mol. The lowest BCUT2D eigenvalue weighted by molar-refractivity contribution is 0.0449. The SMILES string of the molecule is O=C(OCCOc1ccccc1)c1cccc(OC(=O)c2ccccc2OCCc2ccccc2)c1. The van der Waals surface area contributed by atoms with E-state index in [1.807, 2.05) is 60.7 Å². The summed E-state index contributed by atoms with van der Waals surface area (Å²) in [5, 5.41) is 0. The van der Waals surface area contributed by atoms with E-state index in [9.17, 15) is 9.59 Å². The van der Waals surface area contributed by atoms with Crippen molar-refractivity contribution >= 4 is 11.9 Å². The smallest absolute Gasteiger partial charge is 0.347 e. The molecule has 4 rings (SSSR count). The first-order chi connectivity index (χ1) is 17.7. The summed E-state index contributed by atoms with van der Waals surface area (Å²) in [6.07, 6.45) is 0.713. The Morgan fingerprint density at radius 3 is 2.08 bits per heavy atom. The fourth-order valence-corrected chi connectivity index (χ4v) is 3.43. The van der Waals surface area contributed by atoms with E-state index in [0.717, 1.165) is 5.56 Å². The highest BCUT2D eigenvalue weighted by Crippen LogP contribution is 2.22. The Morgan fingerprint density at radius 2 is 1.28 bits per heavy atom. The average molecular weight is 483 g/mol. The van der Waals surface area contributed by atoms with E-state index in [4.69, 9.17) is 18.9 Å². The number of carbonyl (C=O) groups excluding carboxylic acids is 2. The van der Waals surface area contributed by atoms with Gasteiger partial charge in [-0.15, -0.1) is 0 Å². The van der Waals surface area contributed by atoms with Gasteiger partial charge in [-0.3, -0.25) is 0 Å². The van der Waals surface area contributed by atoms with Crippen LogP contribution < -0.4 is 14.2 Å². The third kappa shape index (κ3) is 7.21. The van der Waals surface area contributed by atoms with Gasteiger partial charge in [0.1, 0.15) is 36.0 Å². The third-order valence-corrected chi connectivity index (χ3v) is 5.21. The molecule has 0 aromatic heterocycles. The van der Waals surface area contributed by atoms with Crippen LogP contribution in [0.2, 0.25) is 0 Å². The lowest BCUT2D eigenvalue weighted by Crippen LogP contribution is -2.14. The van der Waals surface area contributed by atoms with Crippen molar-refractivity contribution in [1.29, 1.82) is 0 Å². The first-order valence-corrected chi connectivity index (χ1v) is 11.6. The Morgan fingerprint density at radius 1 is 0.583 bits per heavy atom. The molecular weight excluding hydrogens is 456 g/mol. The van der Waals surface area contributed by atoms with Crippen molar-refractivity contribution in [2.75, 3.05) is 19.8 Å². The Bertz CT molecular complexity index is 1270. The number of hydrogen-bond donors (Lipinski definition) is 0. The summed E-state index contributed by atoms with van der Waals surface area (Å²) in [6, 6.07) is 32.4. The summed E-state index contributed by atoms with van der Waals surface area (Å²) < 4.78 is 22.2. The summed E-state index contributed by atoms with van der Waals surface area (Å²) >= 11 is 0. The van der Waals surface area contributed by atoms with E-state index in [0.29, 0.717) is 30.1 Å². The van der Waals surface area contributed by atoms with Crippen LogP contribution in [0.1, 0.15) is 26.3 Å². The minimum absolute atomic E-state index is 0.0887. The van der Waals surface area contributed by atoms with Crippen molar-refractivity contribution in [1.82, 2.24) is 0 Å². The van der Waals surface area contributed by atoms with E-state index < -0.39 is 11.9 Å². The van der Waals surface area contributed by atoms with Crippen molar-refractivity contribution in [2.24, 2.45) is 0 Å². The van der Waals surface area contributed by atoms with Crippen LogP contribution in [0, 0.1) is 0 Å². The maximum Gasteiger partial charge on any atom is 0.347 e. The fraction of sp³-hybridized carbons (Fsp3) is 0.133. The van der Waals surface area contributed by atoms with Gasteiger partial charge in [-0.05, 0) is 48.0 Å². The molecule has 0 N–H and O–H groups in total. The second-order valence-corrected chi connectivity index (χ2v) is 7.80. The predicted octanol–water partition coefficient (Wildman–Crippen LogP) is 5.76. The van der Waals surface area contributed by atoms with Gasteiger partial charge in [0.05, 0.1) is 12.2 Å². The van der Waals surface area contributed by atoms with Gasteiger partial charge in [-0.25, -0.2) is 9.59 Å². The van der Waals surface area contributed by atoms with Crippen LogP contribution in [-0.4, -0.2) is 31.8 Å². The molecule has 0 aliphatic rings. The zero-order chi connectivity index (χ0) is 25.0. The van der Waals surface area contributed by atoms with Crippen LogP contribution in [0.15, 0.2) is 109 Å². The van der Waals surface area contributed by atoms with Crippen molar-refractivity contribution in [3.05, 3.63) is 126 Å². The summed E-state index contributed by atoms with van der Waals surface area (Å²) in [4.78, 5) is 25.3. The molecule has 0 spiro atoms. The van der Waals surface area contributed by atoms with E-state index >= 15 is 0 Å². The fourth-order valence-electron chi connectivity index (χ4n) is 3.43. The Kier molecular flexibility index (Phi) is 8.70. The second kappa shape index (κ2) is 12.8. The normalized spacial score (nSPS) is 10.3. The molecule has 4 aromatic rings. The molecule has 0 saturated heterocycles. The largest absolute Gasteiger partial charge is 0.492 e. The Balaban J connectivity index is 1.31. The molecule has 0 aliphatic carbocycles. The van der Waals surface area contributed by atoms with Crippen LogP contribution in [0.3, 0.4) is 0 Å². The number of benzene rings is 4. The molecule has 182 valence electrons. The van der Waals surface area contributed by atoms with Gasteiger partial charge in [0.15, 0.2) is 0 Å². The zero-order valence-corrected chi connectivity index (χ0v) is 19.7. The first-order valence-electron chi connectivity index (χ1n) is 11.6. The molecule has 0 bridgehead atoms. The van der Waals surface area contributed by atoms with Crippen molar-refractivity contribution in [3.8, 4) is 17.2 Å². The maximum atomic E-state index is 12.9. The summed E-state index contributed by atoms with van der Waals surface area (Å²) in [5.41, 5.74) is 1.72. The quantitative estimate of drug-likeness (QED) is 0.154. The molecular formula is C30H26O6. The molecule has 0 aliphatic heterocycles. The number of esters is 2. The minimum atomic E-state index is -0.577. The molecule has 36 heavy (non-hydrogen) atoms. The lowest BCUT2D eigenvalue weighted by Gasteiger charge is -2.12. The van der Waals surface area contributed by atoms with Crippen LogP contribution in [0.5, 0.6) is 17.2 Å². The molecule has 6 nitrogen and oxygen atoms in total. The number of hydrogen-bond acceptors (Lipinski definition) is 6. The van der Waals surface area contributed by atoms with Gasteiger partial charge in [0, 0.05) is 6.42 Å². The van der Waals surface area contributed by atoms with E-state index in [-0.39, 0.29) is 24.5 Å². The summed E-state index contributed by atoms with van der Waals surface area (Å²) in [6.45, 7) is 0.737. The van der Waals surface area contributed by atoms with Crippen LogP contribution >= 0.6 is 0 Å². The highest BCUT2D eigenvalue weighted by Gasteiger charge is 2.16. The molecule has 4 aromatic carbocycles. The highest BCUT2D eigenvalue weighted by atomic mass is 16.6. The number of ether oxygens (including phenoxy) is 4. The maximum absolute atomic E-state index is 12.9. The number of para-hydroxylation sites is 2. The minimum Gasteiger partial charge on any atom is -0.492 e. The van der Waals surface area contributed by atoms with Crippen molar-refractivity contribution in [3.63, 3.8) is 0 Å². The first kappa shape index (κ1) is 24.5. The van der Waals surface area contributed by atoms with Crippen LogP contribution in [0.25, 0.3) is 0 Å². The second-order valence-electron chi connectivity index (χ2n) is 7.80. The van der Waals surface area contributed by atoms with Gasteiger partial charge >= 0.3 is 11.9 Å². The van der Waals surface area contributed by atoms with Crippen molar-refractivity contribution < 1.29 is 28.5 Å². The number of carbonyl (C=O) groups is 2. The highest BCUT2D eigenvalue weighted by molar-refractivity contribution is 5.94.